The molecule has 1 aromatic carbocycles. The first-order valence-electron chi connectivity index (χ1n) is 6.89. The maximum absolute atomic E-state index is 8.98. The van der Waals surface area contributed by atoms with E-state index in [4.69, 9.17) is 9.84 Å². The Morgan fingerprint density at radius 2 is 2.06 bits per heavy atom. The number of aryl methyl sites for hydroxylation is 1. The smallest absolute Gasteiger partial charge is 0.126 e. The zero-order valence-electron chi connectivity index (χ0n) is 11.9. The first-order chi connectivity index (χ1) is 8.44. The number of aliphatic hydroxyl groups is 1. The fourth-order valence-corrected chi connectivity index (χ4v) is 2.75. The van der Waals surface area contributed by atoms with E-state index >= 15 is 0 Å². The molecule has 0 fully saturated rings. The van der Waals surface area contributed by atoms with E-state index in [1.54, 1.807) is 0 Å². The first-order valence-corrected chi connectivity index (χ1v) is 6.89. The minimum atomic E-state index is -0.0959. The number of rotatable bonds is 4. The third kappa shape index (κ3) is 2.54. The Hall–Kier alpha value is -1.02. The number of ether oxygens (including phenoxy) is 1. The van der Waals surface area contributed by atoms with Gasteiger partial charge in [-0.1, -0.05) is 26.0 Å². The zero-order valence-corrected chi connectivity index (χ0v) is 11.9. The van der Waals surface area contributed by atoms with Crippen LogP contribution in [0.3, 0.4) is 0 Å². The van der Waals surface area contributed by atoms with Crippen LogP contribution in [0.1, 0.15) is 56.7 Å². The summed E-state index contributed by atoms with van der Waals surface area (Å²) in [5.74, 6) is 1.61. The van der Waals surface area contributed by atoms with Crippen molar-refractivity contribution in [1.82, 2.24) is 0 Å². The molecule has 1 N–H and O–H groups in total. The average molecular weight is 248 g/mol. The van der Waals surface area contributed by atoms with Gasteiger partial charge < -0.3 is 9.84 Å². The van der Waals surface area contributed by atoms with Gasteiger partial charge in [-0.05, 0) is 43.7 Å². The summed E-state index contributed by atoms with van der Waals surface area (Å²) >= 11 is 0. The lowest BCUT2D eigenvalue weighted by atomic mass is 9.89. The third-order valence-electron chi connectivity index (χ3n) is 3.59. The van der Waals surface area contributed by atoms with Crippen molar-refractivity contribution in [2.45, 2.75) is 58.5 Å². The van der Waals surface area contributed by atoms with Crippen molar-refractivity contribution >= 4 is 0 Å². The van der Waals surface area contributed by atoms with Crippen LogP contribution in [0.15, 0.2) is 12.1 Å². The van der Waals surface area contributed by atoms with E-state index in [2.05, 4.69) is 39.8 Å². The first kappa shape index (κ1) is 13.4. The number of aliphatic hydroxyl groups excluding tert-OH is 1. The van der Waals surface area contributed by atoms with E-state index in [1.165, 1.54) is 16.7 Å². The lowest BCUT2D eigenvalue weighted by molar-refractivity contribution is 0.137. The fourth-order valence-electron chi connectivity index (χ4n) is 2.75. The molecule has 0 unspecified atom stereocenters. The highest BCUT2D eigenvalue weighted by molar-refractivity contribution is 5.51. The molecule has 0 saturated carbocycles. The van der Waals surface area contributed by atoms with Crippen LogP contribution in [-0.4, -0.2) is 17.3 Å². The maximum atomic E-state index is 8.98. The maximum Gasteiger partial charge on any atom is 0.126 e. The summed E-state index contributed by atoms with van der Waals surface area (Å²) in [6.07, 6.45) is 2.69. The Bertz CT molecular complexity index is 433. The van der Waals surface area contributed by atoms with Crippen molar-refractivity contribution in [3.05, 3.63) is 28.8 Å². The normalized spacial score (nSPS) is 16.8. The second kappa shape index (κ2) is 4.93. The largest absolute Gasteiger partial charge is 0.487 e. The van der Waals surface area contributed by atoms with Gasteiger partial charge in [0.2, 0.25) is 0 Å². The summed E-state index contributed by atoms with van der Waals surface area (Å²) in [6, 6.07) is 4.41. The van der Waals surface area contributed by atoms with Gasteiger partial charge in [-0.2, -0.15) is 0 Å². The SMILES string of the molecule is CC(C)c1ccc(CCCO)c2c1CC(C)(C)O2. The predicted octanol–water partition coefficient (Wildman–Crippen LogP) is 3.45. The molecule has 1 aliphatic rings. The molecule has 0 spiro atoms. The lowest BCUT2D eigenvalue weighted by Gasteiger charge is -2.18. The van der Waals surface area contributed by atoms with Gasteiger partial charge in [0, 0.05) is 18.6 Å². The van der Waals surface area contributed by atoms with Crippen molar-refractivity contribution in [3.8, 4) is 5.75 Å². The molecule has 2 nitrogen and oxygen atoms in total. The summed E-state index contributed by atoms with van der Waals surface area (Å²) in [4.78, 5) is 0. The van der Waals surface area contributed by atoms with E-state index in [-0.39, 0.29) is 12.2 Å². The van der Waals surface area contributed by atoms with Gasteiger partial charge in [0.05, 0.1) is 0 Å². The van der Waals surface area contributed by atoms with E-state index in [1.807, 2.05) is 0 Å². The molecule has 0 bridgehead atoms. The van der Waals surface area contributed by atoms with Crippen molar-refractivity contribution in [2.75, 3.05) is 6.61 Å². The summed E-state index contributed by atoms with van der Waals surface area (Å²) in [7, 11) is 0. The van der Waals surface area contributed by atoms with Crippen LogP contribution in [0.4, 0.5) is 0 Å². The van der Waals surface area contributed by atoms with Crippen LogP contribution < -0.4 is 4.74 Å². The molecule has 0 saturated heterocycles. The van der Waals surface area contributed by atoms with E-state index in [9.17, 15) is 0 Å². The third-order valence-corrected chi connectivity index (χ3v) is 3.59. The molecule has 18 heavy (non-hydrogen) atoms. The number of fused-ring (bicyclic) bond motifs is 1. The molecule has 0 aromatic heterocycles. The van der Waals surface area contributed by atoms with Crippen LogP contribution in [0.5, 0.6) is 5.75 Å². The van der Waals surface area contributed by atoms with Crippen LogP contribution in [0.25, 0.3) is 0 Å². The van der Waals surface area contributed by atoms with Crippen LogP contribution in [0.2, 0.25) is 0 Å². The van der Waals surface area contributed by atoms with E-state index in [0.29, 0.717) is 5.92 Å². The molecule has 1 heterocycles. The predicted molar refractivity (Wildman–Crippen MR) is 74.3 cm³/mol. The van der Waals surface area contributed by atoms with Crippen LogP contribution in [-0.2, 0) is 12.8 Å². The fraction of sp³-hybridized carbons (Fsp3) is 0.625. The minimum Gasteiger partial charge on any atom is -0.487 e. The summed E-state index contributed by atoms with van der Waals surface area (Å²) in [6.45, 7) is 8.99. The lowest BCUT2D eigenvalue weighted by Crippen LogP contribution is -2.25. The van der Waals surface area contributed by atoms with Crippen molar-refractivity contribution in [3.63, 3.8) is 0 Å². The Morgan fingerprint density at radius 1 is 1.33 bits per heavy atom. The quantitative estimate of drug-likeness (QED) is 0.884. The van der Waals surface area contributed by atoms with Gasteiger partial charge in [0.1, 0.15) is 11.4 Å². The number of hydrogen-bond donors (Lipinski definition) is 1. The zero-order chi connectivity index (χ0) is 13.3. The topological polar surface area (TPSA) is 29.5 Å². The molecule has 0 radical (unpaired) electrons. The van der Waals surface area contributed by atoms with Crippen LogP contribution >= 0.6 is 0 Å². The molecule has 1 aromatic rings. The van der Waals surface area contributed by atoms with Gasteiger partial charge in [0.15, 0.2) is 0 Å². The summed E-state index contributed by atoms with van der Waals surface area (Å²) < 4.78 is 6.13. The molecule has 2 rings (SSSR count). The monoisotopic (exact) mass is 248 g/mol. The number of benzene rings is 1. The highest BCUT2D eigenvalue weighted by Crippen LogP contribution is 2.42. The molecular formula is C16H24O2. The van der Waals surface area contributed by atoms with Crippen LogP contribution in [0, 0.1) is 0 Å². The molecule has 0 aliphatic carbocycles. The summed E-state index contributed by atoms with van der Waals surface area (Å²) in [5, 5.41) is 8.98. The molecule has 2 heteroatoms. The Balaban J connectivity index is 2.41. The molecule has 0 amide bonds. The standard InChI is InChI=1S/C16H24O2/c1-11(2)13-8-7-12(6-5-9-17)15-14(13)10-16(3,4)18-15/h7-8,11,17H,5-6,9-10H2,1-4H3. The molecular weight excluding hydrogens is 224 g/mol. The van der Waals surface area contributed by atoms with Gasteiger partial charge >= 0.3 is 0 Å². The highest BCUT2D eigenvalue weighted by Gasteiger charge is 2.33. The van der Waals surface area contributed by atoms with E-state index < -0.39 is 0 Å². The second-order valence-electron chi connectivity index (χ2n) is 6.14. The van der Waals surface area contributed by atoms with Crippen molar-refractivity contribution in [1.29, 1.82) is 0 Å². The van der Waals surface area contributed by atoms with Gasteiger partial charge in [-0.25, -0.2) is 0 Å². The van der Waals surface area contributed by atoms with Crippen molar-refractivity contribution in [2.24, 2.45) is 0 Å². The van der Waals surface area contributed by atoms with E-state index in [0.717, 1.165) is 25.0 Å². The molecule has 100 valence electrons. The second-order valence-corrected chi connectivity index (χ2v) is 6.14. The average Bonchev–Trinajstić information content (AvgIpc) is 2.60. The van der Waals surface area contributed by atoms with Gasteiger partial charge in [-0.3, -0.25) is 0 Å². The minimum absolute atomic E-state index is 0.0959. The van der Waals surface area contributed by atoms with Crippen molar-refractivity contribution < 1.29 is 9.84 Å². The molecule has 1 aliphatic heterocycles. The highest BCUT2D eigenvalue weighted by atomic mass is 16.5. The molecule has 0 atom stereocenters. The van der Waals surface area contributed by atoms with Gasteiger partial charge in [0.25, 0.3) is 0 Å². The van der Waals surface area contributed by atoms with Gasteiger partial charge in [-0.15, -0.1) is 0 Å². The Morgan fingerprint density at radius 3 is 2.67 bits per heavy atom. The number of hydrogen-bond acceptors (Lipinski definition) is 2. The summed E-state index contributed by atoms with van der Waals surface area (Å²) in [5.41, 5.74) is 3.93. The Labute approximate surface area is 110 Å². The Kier molecular flexibility index (Phi) is 3.67.